The highest BCUT2D eigenvalue weighted by Crippen LogP contribution is 2.35. The number of nitrogens with zero attached hydrogens (tertiary/aromatic N) is 1. The van der Waals surface area contributed by atoms with Gasteiger partial charge in [0, 0.05) is 21.7 Å². The van der Waals surface area contributed by atoms with Crippen LogP contribution in [0.2, 0.25) is 10.0 Å². The fraction of sp³-hybridized carbons (Fsp3) is 0.0476. The van der Waals surface area contributed by atoms with Gasteiger partial charge in [-0.1, -0.05) is 41.4 Å². The molecule has 1 fully saturated rings. The zero-order valence-electron chi connectivity index (χ0n) is 14.4. The summed E-state index contributed by atoms with van der Waals surface area (Å²) in [7, 11) is 0. The molecule has 1 aliphatic heterocycles. The molecular weight excluding hydrogens is 417 g/mol. The number of benzene rings is 2. The van der Waals surface area contributed by atoms with Crippen LogP contribution in [0.15, 0.2) is 70.0 Å². The van der Waals surface area contributed by atoms with Gasteiger partial charge in [0.15, 0.2) is 0 Å². The molecule has 28 heavy (non-hydrogen) atoms. The van der Waals surface area contributed by atoms with Crippen LogP contribution >= 0.6 is 35.0 Å². The van der Waals surface area contributed by atoms with E-state index < -0.39 is 0 Å². The molecule has 7 heteroatoms. The molecule has 0 bridgehead atoms. The Bertz CT molecular complexity index is 1090. The smallest absolute Gasteiger partial charge is 0.293 e. The molecule has 0 radical (unpaired) electrons. The fourth-order valence-corrected chi connectivity index (χ4v) is 3.90. The lowest BCUT2D eigenvalue weighted by molar-refractivity contribution is -0.123. The van der Waals surface area contributed by atoms with Gasteiger partial charge in [-0.2, -0.15) is 0 Å². The Kier molecular flexibility index (Phi) is 5.31. The van der Waals surface area contributed by atoms with E-state index in [2.05, 4.69) is 0 Å². The number of furan rings is 1. The lowest BCUT2D eigenvalue weighted by atomic mass is 10.2. The number of imide groups is 1. The minimum Gasteiger partial charge on any atom is -0.457 e. The molecule has 2 heterocycles. The average molecular weight is 430 g/mol. The van der Waals surface area contributed by atoms with Crippen LogP contribution in [-0.4, -0.2) is 16.0 Å². The van der Waals surface area contributed by atoms with Crippen LogP contribution in [0.3, 0.4) is 0 Å². The molecule has 1 aliphatic rings. The van der Waals surface area contributed by atoms with Crippen LogP contribution in [0.5, 0.6) is 0 Å². The van der Waals surface area contributed by atoms with E-state index in [-0.39, 0.29) is 17.7 Å². The number of carbonyl (C=O) groups excluding carboxylic acids is 2. The molecule has 0 atom stereocenters. The predicted molar refractivity (Wildman–Crippen MR) is 112 cm³/mol. The molecule has 140 valence electrons. The highest BCUT2D eigenvalue weighted by Gasteiger charge is 2.35. The third kappa shape index (κ3) is 3.87. The second kappa shape index (κ2) is 7.87. The first-order chi connectivity index (χ1) is 13.5. The number of amides is 2. The molecular formula is C21H13Cl2NO3S. The van der Waals surface area contributed by atoms with Crippen molar-refractivity contribution in [1.29, 1.82) is 0 Å². The van der Waals surface area contributed by atoms with Crippen molar-refractivity contribution in [3.63, 3.8) is 0 Å². The van der Waals surface area contributed by atoms with Crippen LogP contribution in [0, 0.1) is 0 Å². The lowest BCUT2D eigenvalue weighted by Gasteiger charge is -2.13. The monoisotopic (exact) mass is 429 g/mol. The molecule has 2 amide bonds. The van der Waals surface area contributed by atoms with Crippen LogP contribution in [-0.2, 0) is 11.3 Å². The minimum absolute atomic E-state index is 0.135. The van der Waals surface area contributed by atoms with Gasteiger partial charge in [0.25, 0.3) is 11.1 Å². The molecule has 0 aliphatic carbocycles. The van der Waals surface area contributed by atoms with Crippen LogP contribution in [0.25, 0.3) is 17.4 Å². The molecule has 3 aromatic rings. The first-order valence-corrected chi connectivity index (χ1v) is 9.93. The van der Waals surface area contributed by atoms with Crippen LogP contribution in [0.1, 0.15) is 11.3 Å². The van der Waals surface area contributed by atoms with Gasteiger partial charge in [-0.25, -0.2) is 0 Å². The second-order valence-electron chi connectivity index (χ2n) is 6.07. The SMILES string of the molecule is O=C1S/C(=C/c2ccc(-c3ccc(Cl)cc3)o2)C(=O)N1Cc1ccccc1Cl. The zero-order valence-corrected chi connectivity index (χ0v) is 16.7. The van der Waals surface area contributed by atoms with Gasteiger partial charge >= 0.3 is 0 Å². The van der Waals surface area contributed by atoms with Gasteiger partial charge in [0.05, 0.1) is 11.4 Å². The van der Waals surface area contributed by atoms with E-state index >= 15 is 0 Å². The van der Waals surface area contributed by atoms with Crippen molar-refractivity contribution < 1.29 is 14.0 Å². The summed E-state index contributed by atoms with van der Waals surface area (Å²) in [6.45, 7) is 0.135. The Morgan fingerprint density at radius 1 is 0.964 bits per heavy atom. The second-order valence-corrected chi connectivity index (χ2v) is 7.91. The Hall–Kier alpha value is -2.47. The van der Waals surface area contributed by atoms with E-state index in [1.54, 1.807) is 42.5 Å². The maximum absolute atomic E-state index is 12.7. The van der Waals surface area contributed by atoms with E-state index in [4.69, 9.17) is 27.6 Å². The van der Waals surface area contributed by atoms with Crippen molar-refractivity contribution in [2.75, 3.05) is 0 Å². The average Bonchev–Trinajstić information content (AvgIpc) is 3.24. The first-order valence-electron chi connectivity index (χ1n) is 8.36. The summed E-state index contributed by atoms with van der Waals surface area (Å²) in [5, 5.41) is 0.826. The molecule has 0 unspecified atom stereocenters. The van der Waals surface area contributed by atoms with Gasteiger partial charge < -0.3 is 4.42 Å². The zero-order chi connectivity index (χ0) is 19.7. The summed E-state index contributed by atoms with van der Waals surface area (Å²) in [5.74, 6) is 0.783. The van der Waals surface area contributed by atoms with Gasteiger partial charge in [-0.15, -0.1) is 0 Å². The molecule has 0 N–H and O–H groups in total. The summed E-state index contributed by atoms with van der Waals surface area (Å²) in [6, 6.07) is 18.0. The highest BCUT2D eigenvalue weighted by atomic mass is 35.5. The molecule has 1 saturated heterocycles. The van der Waals surface area contributed by atoms with Crippen molar-refractivity contribution in [2.24, 2.45) is 0 Å². The standard InChI is InChI=1S/C21H13Cl2NO3S/c22-15-7-5-13(6-8-15)18-10-9-16(27-18)11-19-20(25)24(21(26)28-19)12-14-3-1-2-4-17(14)23/h1-11H,12H2/b19-11+. The van der Waals surface area contributed by atoms with Crippen molar-refractivity contribution in [3.05, 3.63) is 86.9 Å². The van der Waals surface area contributed by atoms with E-state index in [9.17, 15) is 9.59 Å². The van der Waals surface area contributed by atoms with Gasteiger partial charge in [-0.3, -0.25) is 14.5 Å². The van der Waals surface area contributed by atoms with E-state index in [0.29, 0.717) is 26.5 Å². The topological polar surface area (TPSA) is 50.5 Å². The number of halogens is 2. The van der Waals surface area contributed by atoms with Gasteiger partial charge in [0.1, 0.15) is 11.5 Å². The summed E-state index contributed by atoms with van der Waals surface area (Å²) in [5.41, 5.74) is 1.59. The Labute approximate surface area is 175 Å². The Morgan fingerprint density at radius 3 is 2.46 bits per heavy atom. The van der Waals surface area contributed by atoms with Crippen LogP contribution in [0.4, 0.5) is 4.79 Å². The molecule has 0 saturated carbocycles. The van der Waals surface area contributed by atoms with Crippen LogP contribution < -0.4 is 0 Å². The first kappa shape index (κ1) is 18.9. The summed E-state index contributed by atoms with van der Waals surface area (Å²) < 4.78 is 5.79. The van der Waals surface area contributed by atoms with Crippen molar-refractivity contribution in [2.45, 2.75) is 6.54 Å². The number of thioether (sulfide) groups is 1. The van der Waals surface area contributed by atoms with Gasteiger partial charge in [-0.05, 0) is 59.8 Å². The summed E-state index contributed by atoms with van der Waals surface area (Å²) in [4.78, 5) is 26.5. The van der Waals surface area contributed by atoms with Crippen molar-refractivity contribution >= 4 is 52.2 Å². The lowest BCUT2D eigenvalue weighted by Crippen LogP contribution is -2.27. The summed E-state index contributed by atoms with van der Waals surface area (Å²) in [6.07, 6.45) is 1.58. The quantitative estimate of drug-likeness (QED) is 0.444. The maximum atomic E-state index is 12.7. The molecule has 4 rings (SSSR count). The largest absolute Gasteiger partial charge is 0.457 e. The minimum atomic E-state index is -0.362. The normalized spacial score (nSPS) is 15.6. The van der Waals surface area contributed by atoms with Crippen molar-refractivity contribution in [1.82, 2.24) is 4.90 Å². The molecule has 4 nitrogen and oxygen atoms in total. The molecule has 0 spiro atoms. The fourth-order valence-electron chi connectivity index (χ4n) is 2.76. The van der Waals surface area contributed by atoms with E-state index in [1.807, 2.05) is 24.3 Å². The number of hydrogen-bond donors (Lipinski definition) is 0. The Balaban J connectivity index is 1.54. The van der Waals surface area contributed by atoms with E-state index in [0.717, 1.165) is 22.9 Å². The number of carbonyl (C=O) groups is 2. The van der Waals surface area contributed by atoms with Crippen molar-refractivity contribution in [3.8, 4) is 11.3 Å². The summed E-state index contributed by atoms with van der Waals surface area (Å²) >= 11 is 12.9. The number of hydrogen-bond acceptors (Lipinski definition) is 4. The van der Waals surface area contributed by atoms with Gasteiger partial charge in [0.2, 0.25) is 0 Å². The predicted octanol–water partition coefficient (Wildman–Crippen LogP) is 6.49. The third-order valence-corrected chi connectivity index (χ3v) is 5.72. The molecule has 1 aromatic heterocycles. The maximum Gasteiger partial charge on any atom is 0.293 e. The van der Waals surface area contributed by atoms with E-state index in [1.165, 1.54) is 4.90 Å². The number of rotatable bonds is 4. The third-order valence-electron chi connectivity index (χ3n) is 4.19. The highest BCUT2D eigenvalue weighted by molar-refractivity contribution is 8.18. The Morgan fingerprint density at radius 2 is 1.71 bits per heavy atom. The molecule has 2 aromatic carbocycles.